The van der Waals surface area contributed by atoms with Crippen LogP contribution in [0.3, 0.4) is 0 Å². The topological polar surface area (TPSA) is 64.4 Å². The maximum absolute atomic E-state index is 13.1. The van der Waals surface area contributed by atoms with Gasteiger partial charge in [-0.2, -0.15) is 0 Å². The molecule has 154 valence electrons. The summed E-state index contributed by atoms with van der Waals surface area (Å²) in [5, 5.41) is 4.45. The number of ether oxygens (including phenoxy) is 1. The summed E-state index contributed by atoms with van der Waals surface area (Å²) in [7, 11) is 1.63. The van der Waals surface area contributed by atoms with Gasteiger partial charge < -0.3 is 9.64 Å². The number of aryl methyl sites for hydroxylation is 1. The van der Waals surface area contributed by atoms with Crippen LogP contribution in [0.25, 0.3) is 10.2 Å². The Morgan fingerprint density at radius 2 is 1.97 bits per heavy atom. The highest BCUT2D eigenvalue weighted by molar-refractivity contribution is 7.16. The molecule has 0 unspecified atom stereocenters. The Balaban J connectivity index is 1.52. The SMILES string of the molecule is COc1ccccc1CN(Cc1cccs1)C(=O)CCn1cnc2sccc2c1=O. The molecule has 8 heteroatoms. The average Bonchev–Trinajstić information content (AvgIpc) is 3.45. The van der Waals surface area contributed by atoms with Gasteiger partial charge in [-0.1, -0.05) is 24.3 Å². The lowest BCUT2D eigenvalue weighted by atomic mass is 10.1. The third kappa shape index (κ3) is 4.44. The number of hydrogen-bond donors (Lipinski definition) is 0. The van der Waals surface area contributed by atoms with Crippen molar-refractivity contribution in [2.24, 2.45) is 0 Å². The molecule has 30 heavy (non-hydrogen) atoms. The number of rotatable bonds is 8. The first-order valence-electron chi connectivity index (χ1n) is 9.50. The summed E-state index contributed by atoms with van der Waals surface area (Å²) in [6.45, 7) is 1.26. The minimum Gasteiger partial charge on any atom is -0.496 e. The zero-order valence-electron chi connectivity index (χ0n) is 16.5. The van der Waals surface area contributed by atoms with Crippen LogP contribution in [-0.2, 0) is 24.4 Å². The normalized spacial score (nSPS) is 11.0. The van der Waals surface area contributed by atoms with Crippen LogP contribution in [0.2, 0.25) is 0 Å². The molecule has 0 radical (unpaired) electrons. The van der Waals surface area contributed by atoms with Crippen molar-refractivity contribution in [1.82, 2.24) is 14.5 Å². The van der Waals surface area contributed by atoms with Crippen molar-refractivity contribution in [3.8, 4) is 5.75 Å². The van der Waals surface area contributed by atoms with Crippen molar-refractivity contribution in [3.05, 3.63) is 80.3 Å². The highest BCUT2D eigenvalue weighted by Gasteiger charge is 2.18. The smallest absolute Gasteiger partial charge is 0.262 e. The molecule has 0 bridgehead atoms. The van der Waals surface area contributed by atoms with E-state index in [2.05, 4.69) is 4.98 Å². The van der Waals surface area contributed by atoms with Crippen molar-refractivity contribution in [1.29, 1.82) is 0 Å². The van der Waals surface area contributed by atoms with Gasteiger partial charge in [0.05, 0.1) is 25.4 Å². The number of carbonyl (C=O) groups excluding carboxylic acids is 1. The highest BCUT2D eigenvalue weighted by atomic mass is 32.1. The molecule has 6 nitrogen and oxygen atoms in total. The minimum absolute atomic E-state index is 0.0216. The molecule has 0 aliphatic rings. The lowest BCUT2D eigenvalue weighted by Crippen LogP contribution is -2.32. The second-order valence-electron chi connectivity index (χ2n) is 6.77. The fourth-order valence-electron chi connectivity index (χ4n) is 3.29. The molecule has 0 N–H and O–H groups in total. The zero-order valence-corrected chi connectivity index (χ0v) is 18.1. The summed E-state index contributed by atoms with van der Waals surface area (Å²) < 4.78 is 6.96. The van der Waals surface area contributed by atoms with Gasteiger partial charge in [0.2, 0.25) is 5.91 Å². The molecular weight excluding hydrogens is 418 g/mol. The third-order valence-corrected chi connectivity index (χ3v) is 6.53. The van der Waals surface area contributed by atoms with Gasteiger partial charge in [0, 0.05) is 30.0 Å². The largest absolute Gasteiger partial charge is 0.496 e. The Kier molecular flexibility index (Phi) is 6.25. The Labute approximate surface area is 182 Å². The Hall–Kier alpha value is -2.97. The second-order valence-corrected chi connectivity index (χ2v) is 8.70. The number of aromatic nitrogens is 2. The van der Waals surface area contributed by atoms with Crippen molar-refractivity contribution in [3.63, 3.8) is 0 Å². The summed E-state index contributed by atoms with van der Waals surface area (Å²) in [4.78, 5) is 33.7. The van der Waals surface area contributed by atoms with Crippen LogP contribution in [0.15, 0.2) is 64.3 Å². The fourth-order valence-corrected chi connectivity index (χ4v) is 4.73. The van der Waals surface area contributed by atoms with E-state index in [9.17, 15) is 9.59 Å². The van der Waals surface area contributed by atoms with Crippen LogP contribution in [0.1, 0.15) is 16.9 Å². The predicted octanol–water partition coefficient (Wildman–Crippen LogP) is 4.15. The van der Waals surface area contributed by atoms with E-state index in [1.165, 1.54) is 22.2 Å². The molecule has 0 atom stereocenters. The molecule has 1 aromatic carbocycles. The van der Waals surface area contributed by atoms with Gasteiger partial charge in [-0.05, 0) is 29.0 Å². The molecule has 4 aromatic rings. The molecular formula is C22H21N3O3S2. The van der Waals surface area contributed by atoms with Crippen molar-refractivity contribution in [2.75, 3.05) is 7.11 Å². The third-order valence-electron chi connectivity index (χ3n) is 4.85. The fraction of sp³-hybridized carbons (Fsp3) is 0.227. The molecule has 0 saturated heterocycles. The lowest BCUT2D eigenvalue weighted by Gasteiger charge is -2.23. The van der Waals surface area contributed by atoms with E-state index in [0.29, 0.717) is 25.0 Å². The Bertz CT molecular complexity index is 1200. The van der Waals surface area contributed by atoms with Crippen LogP contribution in [0, 0.1) is 0 Å². The Morgan fingerprint density at radius 1 is 1.10 bits per heavy atom. The molecule has 0 fully saturated rings. The van der Waals surface area contributed by atoms with E-state index in [1.54, 1.807) is 24.5 Å². The quantitative estimate of drug-likeness (QED) is 0.414. The average molecular weight is 440 g/mol. The highest BCUT2D eigenvalue weighted by Crippen LogP contribution is 2.22. The van der Waals surface area contributed by atoms with Crippen LogP contribution in [-0.4, -0.2) is 27.5 Å². The maximum atomic E-state index is 13.1. The number of benzene rings is 1. The van der Waals surface area contributed by atoms with Gasteiger partial charge in [-0.25, -0.2) is 4.98 Å². The summed E-state index contributed by atoms with van der Waals surface area (Å²) >= 11 is 3.06. The number of fused-ring (bicyclic) bond motifs is 1. The van der Waals surface area contributed by atoms with E-state index < -0.39 is 0 Å². The molecule has 4 rings (SSSR count). The summed E-state index contributed by atoms with van der Waals surface area (Å²) in [6, 6.07) is 13.5. The van der Waals surface area contributed by atoms with Crippen LogP contribution < -0.4 is 10.3 Å². The molecule has 0 saturated carbocycles. The number of hydrogen-bond acceptors (Lipinski definition) is 6. The van der Waals surface area contributed by atoms with Gasteiger partial charge in [-0.15, -0.1) is 22.7 Å². The summed E-state index contributed by atoms with van der Waals surface area (Å²) in [5.74, 6) is 0.733. The standard InChI is InChI=1S/C22H21N3O3S2/c1-28-19-7-3-2-5-16(19)13-25(14-17-6-4-11-29-17)20(26)8-10-24-15-23-21-18(22(24)27)9-12-30-21/h2-7,9,11-12,15H,8,10,13-14H2,1H3. The summed E-state index contributed by atoms with van der Waals surface area (Å²) in [6.07, 6.45) is 1.75. The van der Waals surface area contributed by atoms with Gasteiger partial charge >= 0.3 is 0 Å². The maximum Gasteiger partial charge on any atom is 0.262 e. The number of methoxy groups -OCH3 is 1. The van der Waals surface area contributed by atoms with Gasteiger partial charge in [0.25, 0.3) is 5.56 Å². The molecule has 0 spiro atoms. The molecule has 0 aliphatic carbocycles. The number of amides is 1. The van der Waals surface area contributed by atoms with E-state index in [1.807, 2.05) is 52.1 Å². The molecule has 3 aromatic heterocycles. The summed E-state index contributed by atoms with van der Waals surface area (Å²) in [5.41, 5.74) is 0.840. The lowest BCUT2D eigenvalue weighted by molar-refractivity contribution is -0.132. The van der Waals surface area contributed by atoms with E-state index in [-0.39, 0.29) is 17.9 Å². The molecule has 0 aliphatic heterocycles. The zero-order chi connectivity index (χ0) is 20.9. The van der Waals surface area contributed by atoms with Gasteiger partial charge in [0.15, 0.2) is 0 Å². The van der Waals surface area contributed by atoms with Crippen LogP contribution in [0.5, 0.6) is 5.75 Å². The monoisotopic (exact) mass is 439 g/mol. The van der Waals surface area contributed by atoms with Crippen molar-refractivity contribution >= 4 is 38.8 Å². The molecule has 3 heterocycles. The number of thiophene rings is 2. The van der Waals surface area contributed by atoms with Crippen LogP contribution >= 0.6 is 22.7 Å². The first-order chi connectivity index (χ1) is 14.7. The van der Waals surface area contributed by atoms with Crippen LogP contribution in [0.4, 0.5) is 0 Å². The van der Waals surface area contributed by atoms with Crippen molar-refractivity contribution in [2.45, 2.75) is 26.1 Å². The van der Waals surface area contributed by atoms with Gasteiger partial charge in [-0.3, -0.25) is 14.2 Å². The van der Waals surface area contributed by atoms with E-state index in [0.717, 1.165) is 21.0 Å². The van der Waals surface area contributed by atoms with Crippen molar-refractivity contribution < 1.29 is 9.53 Å². The van der Waals surface area contributed by atoms with Gasteiger partial charge in [0.1, 0.15) is 10.6 Å². The molecule has 1 amide bonds. The number of nitrogens with zero attached hydrogens (tertiary/aromatic N) is 3. The van der Waals surface area contributed by atoms with E-state index in [4.69, 9.17) is 4.74 Å². The first kappa shape index (κ1) is 20.3. The second kappa shape index (κ2) is 9.23. The predicted molar refractivity (Wildman–Crippen MR) is 120 cm³/mol. The minimum atomic E-state index is -0.108. The first-order valence-corrected chi connectivity index (χ1v) is 11.3. The van der Waals surface area contributed by atoms with E-state index >= 15 is 0 Å². The number of carbonyl (C=O) groups is 1. The number of para-hydroxylation sites is 1. The Morgan fingerprint density at radius 3 is 2.77 bits per heavy atom.